The van der Waals surface area contributed by atoms with Crippen LogP contribution in [0.2, 0.25) is 0 Å². The summed E-state index contributed by atoms with van der Waals surface area (Å²) in [5, 5.41) is 2.84. The molecule has 0 aliphatic carbocycles. The Morgan fingerprint density at radius 1 is 1.33 bits per heavy atom. The van der Waals surface area contributed by atoms with E-state index < -0.39 is 0 Å². The fraction of sp³-hybridized carbons (Fsp3) is 0.462. The summed E-state index contributed by atoms with van der Waals surface area (Å²) in [7, 11) is 3.21. The SMILES string of the molecule is COc1ccc(CCNC(=O)[C@@H](C)Br)cc1OC. The minimum absolute atomic E-state index is 0.00419. The first-order valence-electron chi connectivity index (χ1n) is 5.71. The van der Waals surface area contributed by atoms with Crippen molar-refractivity contribution in [1.29, 1.82) is 0 Å². The van der Waals surface area contributed by atoms with Gasteiger partial charge in [0.15, 0.2) is 11.5 Å². The maximum absolute atomic E-state index is 11.4. The number of hydrogen-bond donors (Lipinski definition) is 1. The van der Waals surface area contributed by atoms with Crippen molar-refractivity contribution in [3.8, 4) is 11.5 Å². The van der Waals surface area contributed by atoms with Crippen LogP contribution in [0, 0.1) is 0 Å². The fourth-order valence-electron chi connectivity index (χ4n) is 1.51. The van der Waals surface area contributed by atoms with Crippen LogP contribution in [0.5, 0.6) is 11.5 Å². The smallest absolute Gasteiger partial charge is 0.233 e. The zero-order valence-corrected chi connectivity index (χ0v) is 12.4. The van der Waals surface area contributed by atoms with Crippen LogP contribution in [-0.4, -0.2) is 31.5 Å². The van der Waals surface area contributed by atoms with Gasteiger partial charge in [-0.2, -0.15) is 0 Å². The van der Waals surface area contributed by atoms with Gasteiger partial charge in [-0.25, -0.2) is 0 Å². The quantitative estimate of drug-likeness (QED) is 0.818. The summed E-state index contributed by atoms with van der Waals surface area (Å²) in [6.45, 7) is 2.40. The second kappa shape index (κ2) is 7.26. The van der Waals surface area contributed by atoms with Crippen LogP contribution >= 0.6 is 15.9 Å². The molecule has 0 spiro atoms. The molecule has 0 radical (unpaired) electrons. The van der Waals surface area contributed by atoms with E-state index in [1.807, 2.05) is 18.2 Å². The Bertz CT molecular complexity index is 407. The first-order chi connectivity index (χ1) is 8.58. The number of benzene rings is 1. The van der Waals surface area contributed by atoms with Crippen molar-refractivity contribution in [3.63, 3.8) is 0 Å². The van der Waals surface area contributed by atoms with E-state index in [0.717, 1.165) is 12.0 Å². The first-order valence-corrected chi connectivity index (χ1v) is 6.62. The summed E-state index contributed by atoms with van der Waals surface area (Å²) in [6, 6.07) is 5.75. The molecule has 0 bridgehead atoms. The van der Waals surface area contributed by atoms with E-state index in [1.54, 1.807) is 21.1 Å². The largest absolute Gasteiger partial charge is 0.493 e. The highest BCUT2D eigenvalue weighted by molar-refractivity contribution is 9.10. The van der Waals surface area contributed by atoms with E-state index >= 15 is 0 Å². The van der Waals surface area contributed by atoms with E-state index in [1.165, 1.54) is 0 Å². The van der Waals surface area contributed by atoms with Crippen molar-refractivity contribution < 1.29 is 14.3 Å². The van der Waals surface area contributed by atoms with E-state index in [2.05, 4.69) is 21.2 Å². The summed E-state index contributed by atoms with van der Waals surface area (Å²) in [6.07, 6.45) is 0.756. The number of rotatable bonds is 6. The number of methoxy groups -OCH3 is 2. The van der Waals surface area contributed by atoms with Gasteiger partial charge in [0.25, 0.3) is 0 Å². The molecule has 0 fully saturated rings. The van der Waals surface area contributed by atoms with E-state index in [9.17, 15) is 4.79 Å². The van der Waals surface area contributed by atoms with Gasteiger partial charge in [0.2, 0.25) is 5.91 Å². The normalized spacial score (nSPS) is 11.8. The molecule has 0 aliphatic rings. The fourth-order valence-corrected chi connectivity index (χ4v) is 1.67. The van der Waals surface area contributed by atoms with E-state index in [4.69, 9.17) is 9.47 Å². The summed E-state index contributed by atoms with van der Waals surface area (Å²) in [5.74, 6) is 1.41. The summed E-state index contributed by atoms with van der Waals surface area (Å²) >= 11 is 3.22. The number of carbonyl (C=O) groups excluding carboxylic acids is 1. The average Bonchev–Trinajstić information content (AvgIpc) is 2.38. The Morgan fingerprint density at radius 3 is 2.56 bits per heavy atom. The van der Waals surface area contributed by atoms with E-state index in [0.29, 0.717) is 18.0 Å². The molecule has 5 heteroatoms. The lowest BCUT2D eigenvalue weighted by Gasteiger charge is -2.10. The second-order valence-corrected chi connectivity index (χ2v) is 5.22. The van der Waals surface area contributed by atoms with Crippen LogP contribution < -0.4 is 14.8 Å². The average molecular weight is 316 g/mol. The third kappa shape index (κ3) is 4.22. The maximum atomic E-state index is 11.4. The maximum Gasteiger partial charge on any atom is 0.233 e. The summed E-state index contributed by atoms with van der Waals surface area (Å²) in [4.78, 5) is 11.2. The third-order valence-corrected chi connectivity index (χ3v) is 2.94. The molecule has 0 saturated carbocycles. The van der Waals surface area contributed by atoms with Crippen LogP contribution in [0.15, 0.2) is 18.2 Å². The van der Waals surface area contributed by atoms with Gasteiger partial charge in [0.05, 0.1) is 19.0 Å². The molecular weight excluding hydrogens is 298 g/mol. The molecule has 1 aromatic carbocycles. The number of nitrogens with one attached hydrogen (secondary N) is 1. The highest BCUT2D eigenvalue weighted by Crippen LogP contribution is 2.27. The van der Waals surface area contributed by atoms with Gasteiger partial charge in [0, 0.05) is 6.54 Å². The van der Waals surface area contributed by atoms with Crippen LogP contribution in [0.4, 0.5) is 0 Å². The van der Waals surface area contributed by atoms with Crippen LogP contribution in [0.1, 0.15) is 12.5 Å². The zero-order valence-electron chi connectivity index (χ0n) is 10.8. The van der Waals surface area contributed by atoms with E-state index in [-0.39, 0.29) is 10.7 Å². The van der Waals surface area contributed by atoms with Crippen LogP contribution in [0.25, 0.3) is 0 Å². The number of carbonyl (C=O) groups is 1. The number of halogens is 1. The Labute approximate surface area is 116 Å². The van der Waals surface area contributed by atoms with Crippen molar-refractivity contribution in [3.05, 3.63) is 23.8 Å². The van der Waals surface area contributed by atoms with Crippen LogP contribution in [-0.2, 0) is 11.2 Å². The lowest BCUT2D eigenvalue weighted by Crippen LogP contribution is -2.31. The molecule has 0 heterocycles. The molecule has 0 aromatic heterocycles. The Balaban J connectivity index is 2.55. The molecule has 1 atom stereocenters. The molecule has 100 valence electrons. The van der Waals surface area contributed by atoms with Gasteiger partial charge in [-0.3, -0.25) is 4.79 Å². The molecule has 1 amide bonds. The number of amides is 1. The third-order valence-electron chi connectivity index (χ3n) is 2.52. The molecule has 1 rings (SSSR count). The van der Waals surface area contributed by atoms with Gasteiger partial charge in [0.1, 0.15) is 0 Å². The van der Waals surface area contributed by atoms with Crippen molar-refractivity contribution >= 4 is 21.8 Å². The van der Waals surface area contributed by atoms with Crippen molar-refractivity contribution in [2.45, 2.75) is 18.2 Å². The molecule has 1 N–H and O–H groups in total. The topological polar surface area (TPSA) is 47.6 Å². The number of alkyl halides is 1. The Morgan fingerprint density at radius 2 is 2.00 bits per heavy atom. The molecule has 0 aliphatic heterocycles. The second-order valence-electron chi connectivity index (χ2n) is 3.85. The molecule has 18 heavy (non-hydrogen) atoms. The van der Waals surface area contributed by atoms with Gasteiger partial charge < -0.3 is 14.8 Å². The highest BCUT2D eigenvalue weighted by Gasteiger charge is 2.08. The minimum atomic E-state index is -0.164. The zero-order chi connectivity index (χ0) is 13.5. The minimum Gasteiger partial charge on any atom is -0.493 e. The lowest BCUT2D eigenvalue weighted by molar-refractivity contribution is -0.120. The highest BCUT2D eigenvalue weighted by atomic mass is 79.9. The Hall–Kier alpha value is -1.23. The Kier molecular flexibility index (Phi) is 5.98. The van der Waals surface area contributed by atoms with Crippen molar-refractivity contribution in [2.24, 2.45) is 0 Å². The van der Waals surface area contributed by atoms with Gasteiger partial charge in [-0.15, -0.1) is 0 Å². The van der Waals surface area contributed by atoms with Crippen molar-refractivity contribution in [1.82, 2.24) is 5.32 Å². The van der Waals surface area contributed by atoms with Gasteiger partial charge >= 0.3 is 0 Å². The standard InChI is InChI=1S/C13H18BrNO3/c1-9(14)13(16)15-7-6-10-4-5-11(17-2)12(8-10)18-3/h4-5,8-9H,6-7H2,1-3H3,(H,15,16)/t9-/m1/s1. The predicted octanol–water partition coefficient (Wildman–Crippen LogP) is 2.15. The molecule has 0 unspecified atom stereocenters. The van der Waals surface area contributed by atoms with Crippen LogP contribution in [0.3, 0.4) is 0 Å². The molecule has 1 aromatic rings. The summed E-state index contributed by atoms with van der Waals surface area (Å²) < 4.78 is 10.4. The monoisotopic (exact) mass is 315 g/mol. The first kappa shape index (κ1) is 14.8. The lowest BCUT2D eigenvalue weighted by atomic mass is 10.1. The predicted molar refractivity (Wildman–Crippen MR) is 74.6 cm³/mol. The molecule has 4 nitrogen and oxygen atoms in total. The van der Waals surface area contributed by atoms with Gasteiger partial charge in [-0.05, 0) is 31.0 Å². The molecular formula is C13H18BrNO3. The number of hydrogen-bond acceptors (Lipinski definition) is 3. The van der Waals surface area contributed by atoms with Gasteiger partial charge in [-0.1, -0.05) is 22.0 Å². The number of ether oxygens (including phenoxy) is 2. The molecule has 0 saturated heterocycles. The van der Waals surface area contributed by atoms with Crippen molar-refractivity contribution in [2.75, 3.05) is 20.8 Å². The summed E-state index contributed by atoms with van der Waals surface area (Å²) in [5.41, 5.74) is 1.09.